The van der Waals surface area contributed by atoms with Crippen molar-refractivity contribution in [2.24, 2.45) is 5.92 Å². The number of likely N-dealkylation sites (tertiary alicyclic amines) is 1. The second-order valence-corrected chi connectivity index (χ2v) is 9.09. The molecule has 0 spiro atoms. The van der Waals surface area contributed by atoms with Gasteiger partial charge in [-0.15, -0.1) is 0 Å². The van der Waals surface area contributed by atoms with Crippen LogP contribution in [0.5, 0.6) is 17.2 Å². The van der Waals surface area contributed by atoms with Crippen LogP contribution in [0.3, 0.4) is 0 Å². The van der Waals surface area contributed by atoms with E-state index in [1.807, 2.05) is 12.1 Å². The van der Waals surface area contributed by atoms with Gasteiger partial charge in [-0.25, -0.2) is 0 Å². The molecule has 0 unspecified atom stereocenters. The number of halogens is 2. The zero-order chi connectivity index (χ0) is 24.2. The second kappa shape index (κ2) is 10.6. The van der Waals surface area contributed by atoms with E-state index in [0.29, 0.717) is 67.7 Å². The molecule has 1 aromatic heterocycles. The predicted molar refractivity (Wildman–Crippen MR) is 135 cm³/mol. The number of methoxy groups -OCH3 is 2. The van der Waals surface area contributed by atoms with E-state index in [1.165, 1.54) is 13.3 Å². The molecule has 1 fully saturated rings. The van der Waals surface area contributed by atoms with E-state index in [9.17, 15) is 5.26 Å². The van der Waals surface area contributed by atoms with Gasteiger partial charge in [-0.05, 0) is 57.1 Å². The highest BCUT2D eigenvalue weighted by atomic mass is 35.5. The third-order valence-electron chi connectivity index (χ3n) is 6.10. The van der Waals surface area contributed by atoms with Crippen LogP contribution in [0.15, 0.2) is 30.5 Å². The van der Waals surface area contributed by atoms with Crippen molar-refractivity contribution >= 4 is 45.5 Å². The van der Waals surface area contributed by atoms with E-state index in [2.05, 4.69) is 28.3 Å². The molecule has 0 amide bonds. The van der Waals surface area contributed by atoms with Gasteiger partial charge in [-0.2, -0.15) is 5.26 Å². The average Bonchev–Trinajstić information content (AvgIpc) is 2.85. The highest BCUT2D eigenvalue weighted by Crippen LogP contribution is 2.42. The maximum Gasteiger partial charge on any atom is 0.163 e. The lowest BCUT2D eigenvalue weighted by Crippen LogP contribution is -2.32. The Morgan fingerprint density at radius 3 is 2.59 bits per heavy atom. The summed E-state index contributed by atoms with van der Waals surface area (Å²) in [6.45, 7) is 2.78. The Hall–Kier alpha value is -2.92. The highest BCUT2D eigenvalue weighted by molar-refractivity contribution is 6.39. The van der Waals surface area contributed by atoms with Crippen molar-refractivity contribution in [3.05, 3.63) is 46.1 Å². The van der Waals surface area contributed by atoms with Crippen molar-refractivity contribution in [1.82, 2.24) is 9.88 Å². The Bertz CT molecular complexity index is 1240. The van der Waals surface area contributed by atoms with Gasteiger partial charge >= 0.3 is 0 Å². The van der Waals surface area contributed by atoms with Crippen molar-refractivity contribution in [1.29, 1.82) is 5.26 Å². The number of nitriles is 1. The number of hydrogen-bond acceptors (Lipinski definition) is 7. The summed E-state index contributed by atoms with van der Waals surface area (Å²) in [7, 11) is 5.24. The van der Waals surface area contributed by atoms with Crippen LogP contribution < -0.4 is 19.5 Å². The summed E-state index contributed by atoms with van der Waals surface area (Å²) in [5, 5.41) is 14.4. The minimum absolute atomic E-state index is 0.314. The average molecular weight is 501 g/mol. The van der Waals surface area contributed by atoms with Crippen molar-refractivity contribution in [2.75, 3.05) is 46.3 Å². The van der Waals surface area contributed by atoms with E-state index < -0.39 is 0 Å². The fraction of sp³-hybridized carbons (Fsp3) is 0.360. The molecule has 34 heavy (non-hydrogen) atoms. The van der Waals surface area contributed by atoms with Crippen LogP contribution in [-0.4, -0.2) is 50.8 Å². The van der Waals surface area contributed by atoms with Gasteiger partial charge in [0.05, 0.1) is 48.3 Å². The van der Waals surface area contributed by atoms with Crippen LogP contribution in [0.1, 0.15) is 18.4 Å². The minimum atomic E-state index is 0.314. The van der Waals surface area contributed by atoms with Gasteiger partial charge in [0, 0.05) is 17.6 Å². The number of ether oxygens (including phenoxy) is 3. The molecule has 1 aliphatic heterocycles. The molecule has 178 valence electrons. The number of piperidine rings is 1. The molecule has 0 saturated carbocycles. The number of pyridine rings is 1. The number of benzene rings is 2. The zero-order valence-corrected chi connectivity index (χ0v) is 20.8. The Kier molecular flexibility index (Phi) is 7.52. The van der Waals surface area contributed by atoms with Crippen LogP contribution in [0.2, 0.25) is 10.0 Å². The first-order valence-corrected chi connectivity index (χ1v) is 11.7. The lowest BCUT2D eigenvalue weighted by atomic mass is 9.98. The number of fused-ring (bicyclic) bond motifs is 1. The van der Waals surface area contributed by atoms with Gasteiger partial charge in [-0.3, -0.25) is 4.98 Å². The molecule has 1 aliphatic rings. The van der Waals surface area contributed by atoms with Gasteiger partial charge in [-0.1, -0.05) is 23.2 Å². The molecule has 7 nitrogen and oxygen atoms in total. The number of anilines is 2. The van der Waals surface area contributed by atoms with Gasteiger partial charge in [0.15, 0.2) is 17.2 Å². The lowest BCUT2D eigenvalue weighted by molar-refractivity contribution is 0.157. The van der Waals surface area contributed by atoms with Crippen LogP contribution in [0.4, 0.5) is 11.4 Å². The fourth-order valence-corrected chi connectivity index (χ4v) is 4.65. The van der Waals surface area contributed by atoms with Gasteiger partial charge in [0.1, 0.15) is 11.1 Å². The Morgan fingerprint density at radius 2 is 1.91 bits per heavy atom. The third kappa shape index (κ3) is 4.95. The van der Waals surface area contributed by atoms with Crippen LogP contribution in [0.25, 0.3) is 10.9 Å². The van der Waals surface area contributed by atoms with Gasteiger partial charge < -0.3 is 24.4 Å². The molecule has 2 heterocycles. The third-order valence-corrected chi connectivity index (χ3v) is 6.77. The zero-order valence-electron chi connectivity index (χ0n) is 19.3. The van der Waals surface area contributed by atoms with Crippen molar-refractivity contribution in [2.45, 2.75) is 12.8 Å². The summed E-state index contributed by atoms with van der Waals surface area (Å²) in [6.07, 6.45) is 3.74. The first-order chi connectivity index (χ1) is 16.4. The fourth-order valence-electron chi connectivity index (χ4n) is 4.08. The quantitative estimate of drug-likeness (QED) is 0.432. The first-order valence-electron chi connectivity index (χ1n) is 11.0. The van der Waals surface area contributed by atoms with E-state index >= 15 is 0 Å². The second-order valence-electron chi connectivity index (χ2n) is 8.30. The molecule has 2 aromatic carbocycles. The summed E-state index contributed by atoms with van der Waals surface area (Å²) in [6, 6.07) is 9.28. The van der Waals surface area contributed by atoms with Crippen molar-refractivity contribution < 1.29 is 14.2 Å². The molecule has 1 N–H and O–H groups in total. The Balaban J connectivity index is 1.69. The summed E-state index contributed by atoms with van der Waals surface area (Å²) in [4.78, 5) is 6.82. The van der Waals surface area contributed by atoms with E-state index in [0.717, 1.165) is 25.9 Å². The standard InChI is InChI=1S/C25H26Cl2N4O3/c1-31-8-6-15(7-9-31)14-34-22-11-20-17(10-21(22)32-2)24(16(12-28)13-29-20)30-19-5-4-18(26)25(33-3)23(19)27/h4-5,10-11,13,15H,6-9,14H2,1-3H3,(H,29,30). The molecular weight excluding hydrogens is 475 g/mol. The van der Waals surface area contributed by atoms with Crippen LogP contribution in [-0.2, 0) is 0 Å². The number of nitrogens with one attached hydrogen (secondary N) is 1. The maximum atomic E-state index is 9.73. The number of rotatable bonds is 7. The van der Waals surface area contributed by atoms with Gasteiger partial charge in [0.2, 0.25) is 0 Å². The summed E-state index contributed by atoms with van der Waals surface area (Å²) < 4.78 is 17.1. The molecule has 1 saturated heterocycles. The summed E-state index contributed by atoms with van der Waals surface area (Å²) in [5.41, 5.74) is 2.13. The minimum Gasteiger partial charge on any atom is -0.494 e. The SMILES string of the molecule is COc1cc2c(Nc3ccc(Cl)c(OC)c3Cl)c(C#N)cnc2cc1OCC1CCN(C)CC1. The predicted octanol–water partition coefficient (Wildman–Crippen LogP) is 5.89. The van der Waals surface area contributed by atoms with Crippen molar-refractivity contribution in [3.63, 3.8) is 0 Å². The monoisotopic (exact) mass is 500 g/mol. The van der Waals surface area contributed by atoms with E-state index in [1.54, 1.807) is 19.2 Å². The molecule has 0 atom stereocenters. The van der Waals surface area contributed by atoms with Gasteiger partial charge in [0.25, 0.3) is 0 Å². The summed E-state index contributed by atoms with van der Waals surface area (Å²) in [5.74, 6) is 2.06. The topological polar surface area (TPSA) is 79.6 Å². The molecule has 0 bridgehead atoms. The van der Waals surface area contributed by atoms with Crippen LogP contribution in [0, 0.1) is 17.2 Å². The number of aromatic nitrogens is 1. The first kappa shape index (κ1) is 24.2. The molecule has 0 aliphatic carbocycles. The molecular formula is C25H26Cl2N4O3. The summed E-state index contributed by atoms with van der Waals surface area (Å²) >= 11 is 12.7. The van der Waals surface area contributed by atoms with E-state index in [-0.39, 0.29) is 0 Å². The van der Waals surface area contributed by atoms with Crippen molar-refractivity contribution in [3.8, 4) is 23.3 Å². The molecule has 3 aromatic rings. The Morgan fingerprint density at radius 1 is 1.15 bits per heavy atom. The van der Waals surface area contributed by atoms with Crippen LogP contribution >= 0.6 is 23.2 Å². The highest BCUT2D eigenvalue weighted by Gasteiger charge is 2.20. The molecule has 9 heteroatoms. The Labute approximate surface area is 209 Å². The molecule has 0 radical (unpaired) electrons. The number of nitrogens with zero attached hydrogens (tertiary/aromatic N) is 3. The normalized spacial score (nSPS) is 14.6. The smallest absolute Gasteiger partial charge is 0.163 e. The van der Waals surface area contributed by atoms with E-state index in [4.69, 9.17) is 37.4 Å². The lowest BCUT2D eigenvalue weighted by Gasteiger charge is -2.28. The largest absolute Gasteiger partial charge is 0.494 e. The molecule has 4 rings (SSSR count). The maximum absolute atomic E-state index is 9.73. The number of hydrogen-bond donors (Lipinski definition) is 1.